The molecule has 3 rings (SSSR count). The van der Waals surface area contributed by atoms with E-state index in [4.69, 9.17) is 9.47 Å². The highest BCUT2D eigenvalue weighted by molar-refractivity contribution is 5.30. The van der Waals surface area contributed by atoms with Crippen LogP contribution in [0.5, 0.6) is 5.75 Å². The van der Waals surface area contributed by atoms with Crippen LogP contribution in [-0.2, 0) is 10.3 Å². The van der Waals surface area contributed by atoms with Crippen molar-refractivity contribution in [2.45, 2.75) is 18.6 Å². The Morgan fingerprint density at radius 1 is 1.21 bits per heavy atom. The van der Waals surface area contributed by atoms with Crippen molar-refractivity contribution in [2.24, 2.45) is 0 Å². The van der Waals surface area contributed by atoms with Crippen molar-refractivity contribution in [3.05, 3.63) is 65.7 Å². The first kappa shape index (κ1) is 17.0. The van der Waals surface area contributed by atoms with Crippen LogP contribution in [0.1, 0.15) is 24.2 Å². The van der Waals surface area contributed by atoms with Gasteiger partial charge in [0.2, 0.25) is 0 Å². The molecule has 0 saturated carbocycles. The van der Waals surface area contributed by atoms with Crippen LogP contribution in [0.15, 0.2) is 54.6 Å². The third-order valence-electron chi connectivity index (χ3n) is 4.65. The Hall–Kier alpha value is -1.88. The normalized spacial score (nSPS) is 23.0. The number of hydrogen-bond donors (Lipinski definition) is 1. The topological polar surface area (TPSA) is 41.9 Å². The summed E-state index contributed by atoms with van der Waals surface area (Å²) in [5.74, 6) is 0.766. The molecule has 0 aromatic heterocycles. The first-order valence-electron chi connectivity index (χ1n) is 8.34. The van der Waals surface area contributed by atoms with E-state index in [0.29, 0.717) is 13.2 Å². The molecule has 1 aliphatic heterocycles. The molecule has 0 radical (unpaired) electrons. The minimum Gasteiger partial charge on any atom is -0.497 e. The molecule has 2 aromatic carbocycles. The van der Waals surface area contributed by atoms with Gasteiger partial charge in [0, 0.05) is 19.6 Å². The van der Waals surface area contributed by atoms with Crippen LogP contribution in [0, 0.1) is 0 Å². The minimum atomic E-state index is -0.543. The van der Waals surface area contributed by atoms with E-state index in [-0.39, 0.29) is 5.60 Å². The fraction of sp³-hybridized carbons (Fsp3) is 0.400. The lowest BCUT2D eigenvalue weighted by molar-refractivity contribution is -0.109. The molecule has 0 amide bonds. The molecule has 2 aromatic rings. The summed E-state index contributed by atoms with van der Waals surface area (Å²) in [6.45, 7) is 4.95. The Kier molecular flexibility index (Phi) is 5.19. The van der Waals surface area contributed by atoms with E-state index in [9.17, 15) is 5.11 Å². The summed E-state index contributed by atoms with van der Waals surface area (Å²) < 4.78 is 11.3. The molecule has 0 spiro atoms. The van der Waals surface area contributed by atoms with Gasteiger partial charge in [-0.1, -0.05) is 42.5 Å². The van der Waals surface area contributed by atoms with Gasteiger partial charge in [-0.2, -0.15) is 0 Å². The molecule has 1 fully saturated rings. The number of nitrogens with zero attached hydrogens (tertiary/aromatic N) is 1. The quantitative estimate of drug-likeness (QED) is 0.917. The van der Waals surface area contributed by atoms with Crippen molar-refractivity contribution < 1.29 is 14.6 Å². The molecule has 4 nitrogen and oxygen atoms in total. The van der Waals surface area contributed by atoms with Crippen LogP contribution in [0.3, 0.4) is 0 Å². The molecule has 2 unspecified atom stereocenters. The number of methoxy groups -OCH3 is 1. The average Bonchev–Trinajstić information content (AvgIpc) is 2.62. The van der Waals surface area contributed by atoms with Crippen LogP contribution in [0.25, 0.3) is 0 Å². The summed E-state index contributed by atoms with van der Waals surface area (Å²) in [5, 5.41) is 10.6. The first-order valence-corrected chi connectivity index (χ1v) is 8.34. The highest BCUT2D eigenvalue weighted by Crippen LogP contribution is 2.30. The van der Waals surface area contributed by atoms with Gasteiger partial charge in [-0.05, 0) is 30.2 Å². The second-order valence-electron chi connectivity index (χ2n) is 6.47. The van der Waals surface area contributed by atoms with E-state index in [2.05, 4.69) is 24.0 Å². The summed E-state index contributed by atoms with van der Waals surface area (Å²) in [6, 6.07) is 17.9. The van der Waals surface area contributed by atoms with E-state index >= 15 is 0 Å². The standard InChI is InChI=1S/C20H25NO3/c1-20(17-8-4-3-5-9-17)15-21(11-12-24-20)14-19(22)16-7-6-10-18(13-16)23-2/h3-10,13,19,22H,11-12,14-15H2,1-2H3. The van der Waals surface area contributed by atoms with E-state index in [0.717, 1.165) is 24.4 Å². The second-order valence-corrected chi connectivity index (χ2v) is 6.47. The summed E-state index contributed by atoms with van der Waals surface area (Å²) in [7, 11) is 1.64. The maximum atomic E-state index is 10.6. The van der Waals surface area contributed by atoms with Crippen molar-refractivity contribution in [1.82, 2.24) is 4.90 Å². The number of hydrogen-bond acceptors (Lipinski definition) is 4. The minimum absolute atomic E-state index is 0.340. The number of rotatable bonds is 5. The summed E-state index contributed by atoms with van der Waals surface area (Å²) in [6.07, 6.45) is -0.543. The van der Waals surface area contributed by atoms with Crippen molar-refractivity contribution >= 4 is 0 Å². The van der Waals surface area contributed by atoms with Gasteiger partial charge in [0.25, 0.3) is 0 Å². The monoisotopic (exact) mass is 327 g/mol. The maximum absolute atomic E-state index is 10.6. The van der Waals surface area contributed by atoms with E-state index in [1.54, 1.807) is 7.11 Å². The molecule has 1 aliphatic rings. The molecule has 1 saturated heterocycles. The Balaban J connectivity index is 1.69. The predicted octanol–water partition coefficient (Wildman–Crippen LogP) is 2.98. The van der Waals surface area contributed by atoms with Gasteiger partial charge in [0.1, 0.15) is 11.4 Å². The molecule has 1 N–H and O–H groups in total. The number of benzene rings is 2. The average molecular weight is 327 g/mol. The van der Waals surface area contributed by atoms with Gasteiger partial charge in [0.15, 0.2) is 0 Å². The molecule has 24 heavy (non-hydrogen) atoms. The largest absolute Gasteiger partial charge is 0.497 e. The van der Waals surface area contributed by atoms with Crippen LogP contribution < -0.4 is 4.74 Å². The van der Waals surface area contributed by atoms with Crippen LogP contribution in [0.2, 0.25) is 0 Å². The summed E-state index contributed by atoms with van der Waals surface area (Å²) in [4.78, 5) is 2.26. The number of β-amino-alcohol motifs (C(OH)–C–C–N with tert-alkyl or cyclic N) is 1. The van der Waals surface area contributed by atoms with Gasteiger partial charge >= 0.3 is 0 Å². The molecule has 0 aliphatic carbocycles. The Morgan fingerprint density at radius 2 is 2.00 bits per heavy atom. The van der Waals surface area contributed by atoms with Crippen molar-refractivity contribution in [3.8, 4) is 5.75 Å². The fourth-order valence-electron chi connectivity index (χ4n) is 3.27. The van der Waals surface area contributed by atoms with Gasteiger partial charge < -0.3 is 14.6 Å². The number of aliphatic hydroxyl groups excluding tert-OH is 1. The SMILES string of the molecule is COc1cccc(C(O)CN2CCOC(C)(c3ccccc3)C2)c1. The van der Waals surface area contributed by atoms with E-state index in [1.807, 2.05) is 42.5 Å². The zero-order valence-electron chi connectivity index (χ0n) is 14.3. The van der Waals surface area contributed by atoms with Gasteiger partial charge in [0.05, 0.1) is 19.8 Å². The predicted molar refractivity (Wildman–Crippen MR) is 94.1 cm³/mol. The summed E-state index contributed by atoms with van der Waals surface area (Å²) in [5.41, 5.74) is 1.71. The zero-order valence-corrected chi connectivity index (χ0v) is 14.3. The molecule has 4 heteroatoms. The van der Waals surface area contributed by atoms with Crippen LogP contribution in [0.4, 0.5) is 0 Å². The third kappa shape index (κ3) is 3.78. The van der Waals surface area contributed by atoms with E-state index < -0.39 is 6.10 Å². The Morgan fingerprint density at radius 3 is 2.75 bits per heavy atom. The molecule has 128 valence electrons. The van der Waals surface area contributed by atoms with Crippen LogP contribution in [-0.4, -0.2) is 43.4 Å². The fourth-order valence-corrected chi connectivity index (χ4v) is 3.27. The highest BCUT2D eigenvalue weighted by atomic mass is 16.5. The molecule has 2 atom stereocenters. The lowest BCUT2D eigenvalue weighted by Crippen LogP contribution is -2.49. The summed E-state index contributed by atoms with van der Waals surface area (Å²) >= 11 is 0. The lowest BCUT2D eigenvalue weighted by atomic mass is 9.93. The number of ether oxygens (including phenoxy) is 2. The van der Waals surface area contributed by atoms with Crippen LogP contribution >= 0.6 is 0 Å². The number of morpholine rings is 1. The molecule has 1 heterocycles. The van der Waals surface area contributed by atoms with Crippen molar-refractivity contribution in [3.63, 3.8) is 0 Å². The van der Waals surface area contributed by atoms with Gasteiger partial charge in [-0.25, -0.2) is 0 Å². The van der Waals surface area contributed by atoms with Gasteiger partial charge in [-0.3, -0.25) is 4.90 Å². The zero-order chi connectivity index (χ0) is 17.0. The van der Waals surface area contributed by atoms with Gasteiger partial charge in [-0.15, -0.1) is 0 Å². The second kappa shape index (κ2) is 7.34. The maximum Gasteiger partial charge on any atom is 0.119 e. The third-order valence-corrected chi connectivity index (χ3v) is 4.65. The molecular formula is C20H25NO3. The highest BCUT2D eigenvalue weighted by Gasteiger charge is 2.34. The smallest absolute Gasteiger partial charge is 0.119 e. The lowest BCUT2D eigenvalue weighted by Gasteiger charge is -2.41. The Bertz CT molecular complexity index is 661. The van der Waals surface area contributed by atoms with Crippen molar-refractivity contribution in [2.75, 3.05) is 33.4 Å². The first-order chi connectivity index (χ1) is 11.6. The molecular weight excluding hydrogens is 302 g/mol. The van der Waals surface area contributed by atoms with Crippen molar-refractivity contribution in [1.29, 1.82) is 0 Å². The Labute approximate surface area is 143 Å². The van der Waals surface area contributed by atoms with E-state index in [1.165, 1.54) is 5.56 Å². The number of aliphatic hydroxyl groups is 1. The molecule has 0 bridgehead atoms.